The van der Waals surface area contributed by atoms with E-state index in [9.17, 15) is 6.58 Å². The molecular weight excluding hydrogens is 318 g/mol. The second kappa shape index (κ2) is 4.50. The van der Waals surface area contributed by atoms with Gasteiger partial charge in [0.05, 0.1) is 0 Å². The Hall–Kier alpha value is -0.950. The summed E-state index contributed by atoms with van der Waals surface area (Å²) in [6.07, 6.45) is 0. The second-order valence-corrected chi connectivity index (χ2v) is 6.45. The van der Waals surface area contributed by atoms with Gasteiger partial charge in [-0.15, -0.1) is 0 Å². The van der Waals surface area contributed by atoms with E-state index < -0.39 is 19.9 Å². The quantitative estimate of drug-likeness (QED) is 0.836. The standard InChI is InChI=1S/C12H13NO2Te/c1-13(2)10-7-3-5-9-6-4-8-11(12(9)10)16(14)15/h3-8H,1-2H3,(H,14,15). The summed E-state index contributed by atoms with van der Waals surface area (Å²) in [5.41, 5.74) is 0.990. The first-order chi connectivity index (χ1) is 7.61. The third-order valence-corrected chi connectivity index (χ3v) is 4.56. The molecule has 0 bridgehead atoms. The maximum atomic E-state index is 11.4. The van der Waals surface area contributed by atoms with Gasteiger partial charge in [0.25, 0.3) is 0 Å². The first kappa shape index (κ1) is 11.5. The SMILES string of the molecule is CN(C)c1cccc2cccc([Te](=O)O)c12. The molecule has 0 heterocycles. The normalized spacial score (nSPS) is 11.0. The minimum atomic E-state index is -3.32. The summed E-state index contributed by atoms with van der Waals surface area (Å²) in [4.78, 5) is 1.97. The Morgan fingerprint density at radius 2 is 1.75 bits per heavy atom. The van der Waals surface area contributed by atoms with Crippen LogP contribution < -0.4 is 8.51 Å². The van der Waals surface area contributed by atoms with Crippen molar-refractivity contribution >= 4 is 40.0 Å². The molecule has 84 valence electrons. The van der Waals surface area contributed by atoms with Crippen molar-refractivity contribution in [3.05, 3.63) is 36.4 Å². The molecule has 0 amide bonds. The average molecular weight is 331 g/mol. The molecule has 3 nitrogen and oxygen atoms in total. The Bertz CT molecular complexity index is 546. The van der Waals surface area contributed by atoms with Crippen molar-refractivity contribution in [2.24, 2.45) is 0 Å². The van der Waals surface area contributed by atoms with E-state index in [2.05, 4.69) is 0 Å². The van der Waals surface area contributed by atoms with Gasteiger partial charge in [0.2, 0.25) is 0 Å². The molecule has 2 rings (SSSR count). The van der Waals surface area contributed by atoms with Gasteiger partial charge in [-0.1, -0.05) is 0 Å². The van der Waals surface area contributed by atoms with Gasteiger partial charge in [0.15, 0.2) is 0 Å². The van der Waals surface area contributed by atoms with Gasteiger partial charge in [-0.3, -0.25) is 0 Å². The van der Waals surface area contributed by atoms with Crippen molar-refractivity contribution in [2.75, 3.05) is 19.0 Å². The Morgan fingerprint density at radius 3 is 2.31 bits per heavy atom. The minimum absolute atomic E-state index is 0.602. The summed E-state index contributed by atoms with van der Waals surface area (Å²) < 4.78 is 21.5. The third kappa shape index (κ3) is 1.97. The molecule has 0 unspecified atom stereocenters. The number of hydrogen-bond donors (Lipinski definition) is 1. The molecule has 0 aliphatic carbocycles. The molecule has 1 N–H and O–H groups in total. The van der Waals surface area contributed by atoms with Gasteiger partial charge < -0.3 is 0 Å². The fraction of sp³-hybridized carbons (Fsp3) is 0.167. The maximum absolute atomic E-state index is 11.4. The average Bonchev–Trinajstić information content (AvgIpc) is 2.27. The van der Waals surface area contributed by atoms with E-state index in [1.54, 1.807) is 6.07 Å². The van der Waals surface area contributed by atoms with Gasteiger partial charge in [-0.05, 0) is 0 Å². The molecule has 2 aromatic carbocycles. The molecule has 0 saturated carbocycles. The van der Waals surface area contributed by atoms with Crippen LogP contribution in [-0.2, 0) is 3.10 Å². The van der Waals surface area contributed by atoms with E-state index in [1.165, 1.54) is 0 Å². The summed E-state index contributed by atoms with van der Waals surface area (Å²) in [6.45, 7) is 0. The van der Waals surface area contributed by atoms with Crippen LogP contribution in [0.1, 0.15) is 0 Å². The van der Waals surface area contributed by atoms with Crippen LogP contribution in [0.3, 0.4) is 0 Å². The van der Waals surface area contributed by atoms with Crippen LogP contribution in [0.2, 0.25) is 0 Å². The molecular formula is C12H13NO2Te. The van der Waals surface area contributed by atoms with Crippen LogP contribution in [0.5, 0.6) is 0 Å². The fourth-order valence-corrected chi connectivity index (χ4v) is 3.50. The summed E-state index contributed by atoms with van der Waals surface area (Å²) in [7, 11) is 3.88. The Labute approximate surface area is 102 Å². The molecule has 2 aromatic rings. The van der Waals surface area contributed by atoms with Crippen molar-refractivity contribution in [1.29, 1.82) is 0 Å². The van der Waals surface area contributed by atoms with Crippen LogP contribution >= 0.6 is 0 Å². The van der Waals surface area contributed by atoms with Crippen molar-refractivity contribution in [1.82, 2.24) is 0 Å². The monoisotopic (exact) mass is 333 g/mol. The second-order valence-electron chi connectivity index (χ2n) is 3.77. The number of anilines is 1. The van der Waals surface area contributed by atoms with E-state index >= 15 is 0 Å². The van der Waals surface area contributed by atoms with Crippen molar-refractivity contribution in [3.63, 3.8) is 0 Å². The number of fused-ring (bicyclic) bond motifs is 1. The molecule has 4 heteroatoms. The molecule has 0 aromatic heterocycles. The van der Waals surface area contributed by atoms with E-state index in [4.69, 9.17) is 0 Å². The molecule has 16 heavy (non-hydrogen) atoms. The van der Waals surface area contributed by atoms with E-state index in [0.717, 1.165) is 16.5 Å². The molecule has 0 spiro atoms. The summed E-state index contributed by atoms with van der Waals surface area (Å²) in [5.74, 6) is 0. The van der Waals surface area contributed by atoms with Crippen molar-refractivity contribution in [3.8, 4) is 0 Å². The van der Waals surface area contributed by atoms with Crippen LogP contribution in [0.15, 0.2) is 36.4 Å². The van der Waals surface area contributed by atoms with Crippen LogP contribution in [-0.4, -0.2) is 37.5 Å². The number of hydrogen-bond acceptors (Lipinski definition) is 2. The van der Waals surface area contributed by atoms with Crippen LogP contribution in [0, 0.1) is 0 Å². The van der Waals surface area contributed by atoms with Gasteiger partial charge in [-0.2, -0.15) is 0 Å². The zero-order chi connectivity index (χ0) is 11.7. The van der Waals surface area contributed by atoms with Crippen molar-refractivity contribution < 1.29 is 6.58 Å². The summed E-state index contributed by atoms with van der Waals surface area (Å²) >= 11 is -3.32. The van der Waals surface area contributed by atoms with Gasteiger partial charge in [0, 0.05) is 0 Å². The van der Waals surface area contributed by atoms with Gasteiger partial charge in [-0.25, -0.2) is 0 Å². The van der Waals surface area contributed by atoms with Gasteiger partial charge >= 0.3 is 102 Å². The van der Waals surface area contributed by atoms with E-state index in [-0.39, 0.29) is 0 Å². The number of rotatable bonds is 2. The topological polar surface area (TPSA) is 40.5 Å². The van der Waals surface area contributed by atoms with Crippen LogP contribution in [0.25, 0.3) is 10.8 Å². The molecule has 0 aliphatic rings. The van der Waals surface area contributed by atoms with Gasteiger partial charge in [0.1, 0.15) is 0 Å². The first-order valence-electron chi connectivity index (χ1n) is 4.91. The molecule has 0 aliphatic heterocycles. The Morgan fingerprint density at radius 1 is 1.12 bits per heavy atom. The van der Waals surface area contributed by atoms with E-state index in [0.29, 0.717) is 3.61 Å². The van der Waals surface area contributed by atoms with Crippen LogP contribution in [0.4, 0.5) is 5.69 Å². The third-order valence-electron chi connectivity index (χ3n) is 2.51. The summed E-state index contributed by atoms with van der Waals surface area (Å²) in [6, 6.07) is 11.4. The Kier molecular flexibility index (Phi) is 3.25. The molecule has 0 atom stereocenters. The molecule has 0 fully saturated rings. The number of nitrogens with zero attached hydrogens (tertiary/aromatic N) is 1. The van der Waals surface area contributed by atoms with Crippen molar-refractivity contribution in [2.45, 2.75) is 0 Å². The number of benzene rings is 2. The zero-order valence-electron chi connectivity index (χ0n) is 9.18. The predicted molar refractivity (Wildman–Crippen MR) is 66.6 cm³/mol. The zero-order valence-corrected chi connectivity index (χ0v) is 11.5. The molecule has 0 radical (unpaired) electrons. The predicted octanol–water partition coefficient (Wildman–Crippen LogP) is 1.02. The van der Waals surface area contributed by atoms with E-state index in [1.807, 2.05) is 49.3 Å². The molecule has 0 saturated heterocycles. The first-order valence-corrected chi connectivity index (χ1v) is 8.07. The summed E-state index contributed by atoms with van der Waals surface area (Å²) in [5, 5.41) is 1.92. The Balaban J connectivity index is 2.87. The fourth-order valence-electron chi connectivity index (χ4n) is 1.81.